The predicted molar refractivity (Wildman–Crippen MR) is 70.4 cm³/mol. The topological polar surface area (TPSA) is 62.2 Å². The fraction of sp³-hybridized carbons (Fsp3) is 0.143. The maximum Gasteiger partial charge on any atom is 0.335 e. The van der Waals surface area contributed by atoms with Crippen molar-refractivity contribution in [2.24, 2.45) is 0 Å². The van der Waals surface area contributed by atoms with Crippen molar-refractivity contribution in [2.75, 3.05) is 5.32 Å². The Balaban J connectivity index is 2.27. The molecule has 0 aliphatic heterocycles. The molecule has 0 spiro atoms. The lowest BCUT2D eigenvalue weighted by molar-refractivity contribution is 0.0697. The first-order valence-corrected chi connectivity index (χ1v) is 5.59. The third-order valence-corrected chi connectivity index (χ3v) is 2.63. The normalized spacial score (nSPS) is 10.1. The molecule has 1 aromatic carbocycles. The SMILES string of the molecule is Cc1cncc(Nc2ccc(C(=O)O)cc2C)c1. The standard InChI is InChI=1S/C14H14N2O2/c1-9-5-12(8-15-7-9)16-13-4-3-11(14(17)18)6-10(13)2/h3-8,16H,1-2H3,(H,17,18). The van der Waals surface area contributed by atoms with Gasteiger partial charge in [-0.2, -0.15) is 0 Å². The summed E-state index contributed by atoms with van der Waals surface area (Å²) in [7, 11) is 0. The highest BCUT2D eigenvalue weighted by Gasteiger charge is 2.05. The lowest BCUT2D eigenvalue weighted by atomic mass is 10.1. The minimum Gasteiger partial charge on any atom is -0.478 e. The average molecular weight is 242 g/mol. The average Bonchev–Trinajstić information content (AvgIpc) is 2.31. The molecular formula is C14H14N2O2. The van der Waals surface area contributed by atoms with Crippen molar-refractivity contribution >= 4 is 17.3 Å². The second-order valence-electron chi connectivity index (χ2n) is 4.21. The summed E-state index contributed by atoms with van der Waals surface area (Å²) in [6, 6.07) is 6.98. The third-order valence-electron chi connectivity index (χ3n) is 2.63. The molecule has 0 radical (unpaired) electrons. The van der Waals surface area contributed by atoms with E-state index in [9.17, 15) is 4.79 Å². The first-order chi connectivity index (χ1) is 8.56. The van der Waals surface area contributed by atoms with E-state index in [2.05, 4.69) is 10.3 Å². The molecule has 0 bridgehead atoms. The summed E-state index contributed by atoms with van der Waals surface area (Å²) in [4.78, 5) is 14.9. The minimum atomic E-state index is -0.915. The molecule has 2 aromatic rings. The maximum absolute atomic E-state index is 10.8. The highest BCUT2D eigenvalue weighted by molar-refractivity contribution is 5.88. The molecule has 1 aromatic heterocycles. The fourth-order valence-corrected chi connectivity index (χ4v) is 1.72. The number of aromatic carboxylic acids is 1. The number of carboxylic acid groups (broad SMARTS) is 1. The molecule has 2 N–H and O–H groups in total. The zero-order valence-corrected chi connectivity index (χ0v) is 10.3. The summed E-state index contributed by atoms with van der Waals surface area (Å²) in [5.74, 6) is -0.915. The van der Waals surface area contributed by atoms with Crippen molar-refractivity contribution in [3.8, 4) is 0 Å². The third kappa shape index (κ3) is 2.66. The van der Waals surface area contributed by atoms with E-state index in [4.69, 9.17) is 5.11 Å². The largest absolute Gasteiger partial charge is 0.478 e. The van der Waals surface area contributed by atoms with Gasteiger partial charge in [-0.25, -0.2) is 4.79 Å². The molecule has 2 rings (SSSR count). The van der Waals surface area contributed by atoms with E-state index in [0.29, 0.717) is 5.56 Å². The summed E-state index contributed by atoms with van der Waals surface area (Å²) < 4.78 is 0. The molecule has 0 aliphatic carbocycles. The molecule has 0 saturated carbocycles. The molecule has 92 valence electrons. The van der Waals surface area contributed by atoms with E-state index in [-0.39, 0.29) is 0 Å². The van der Waals surface area contributed by atoms with Crippen LogP contribution in [0.15, 0.2) is 36.7 Å². The number of rotatable bonds is 3. The molecule has 0 fully saturated rings. The lowest BCUT2D eigenvalue weighted by Crippen LogP contribution is -1.99. The quantitative estimate of drug-likeness (QED) is 0.868. The zero-order valence-electron chi connectivity index (χ0n) is 10.3. The zero-order chi connectivity index (χ0) is 13.1. The van der Waals surface area contributed by atoms with E-state index in [1.807, 2.05) is 19.9 Å². The Morgan fingerprint density at radius 1 is 1.22 bits per heavy atom. The van der Waals surface area contributed by atoms with Crippen molar-refractivity contribution in [1.29, 1.82) is 0 Å². The summed E-state index contributed by atoms with van der Waals surface area (Å²) in [6.45, 7) is 3.84. The molecule has 0 amide bonds. The number of carboxylic acids is 1. The first-order valence-electron chi connectivity index (χ1n) is 5.59. The van der Waals surface area contributed by atoms with Gasteiger partial charge in [0.2, 0.25) is 0 Å². The Bertz CT molecular complexity index is 594. The maximum atomic E-state index is 10.8. The molecule has 1 heterocycles. The number of hydrogen-bond donors (Lipinski definition) is 2. The van der Waals surface area contributed by atoms with E-state index in [1.54, 1.807) is 30.6 Å². The summed E-state index contributed by atoms with van der Waals surface area (Å²) in [5, 5.41) is 12.1. The van der Waals surface area contributed by atoms with Crippen molar-refractivity contribution < 1.29 is 9.90 Å². The first kappa shape index (κ1) is 12.1. The van der Waals surface area contributed by atoms with Crippen molar-refractivity contribution in [3.63, 3.8) is 0 Å². The number of aryl methyl sites for hydroxylation is 2. The van der Waals surface area contributed by atoms with Crippen LogP contribution in [-0.4, -0.2) is 16.1 Å². The predicted octanol–water partition coefficient (Wildman–Crippen LogP) is 3.14. The second-order valence-corrected chi connectivity index (χ2v) is 4.21. The van der Waals surface area contributed by atoms with Crippen LogP contribution in [0.25, 0.3) is 0 Å². The molecule has 4 nitrogen and oxygen atoms in total. The van der Waals surface area contributed by atoms with Gasteiger partial charge in [-0.15, -0.1) is 0 Å². The lowest BCUT2D eigenvalue weighted by Gasteiger charge is -2.10. The number of aromatic nitrogens is 1. The Hall–Kier alpha value is -2.36. The van der Waals surface area contributed by atoms with E-state index in [0.717, 1.165) is 22.5 Å². The van der Waals surface area contributed by atoms with Gasteiger partial charge >= 0.3 is 5.97 Å². The Labute approximate surface area is 105 Å². The number of anilines is 2. The van der Waals surface area contributed by atoms with Crippen molar-refractivity contribution in [2.45, 2.75) is 13.8 Å². The van der Waals surface area contributed by atoms with E-state index >= 15 is 0 Å². The van der Waals surface area contributed by atoms with Crippen LogP contribution in [0.4, 0.5) is 11.4 Å². The van der Waals surface area contributed by atoms with E-state index in [1.165, 1.54) is 0 Å². The van der Waals surface area contributed by atoms with Gasteiger partial charge in [0.25, 0.3) is 0 Å². The van der Waals surface area contributed by atoms with Gasteiger partial charge in [0.15, 0.2) is 0 Å². The van der Waals surface area contributed by atoms with Gasteiger partial charge in [0.1, 0.15) is 0 Å². The number of benzene rings is 1. The molecule has 4 heteroatoms. The van der Waals surface area contributed by atoms with E-state index < -0.39 is 5.97 Å². The Kier molecular flexibility index (Phi) is 3.28. The van der Waals surface area contributed by atoms with Crippen LogP contribution in [0.1, 0.15) is 21.5 Å². The number of nitrogens with one attached hydrogen (secondary N) is 1. The van der Waals surface area contributed by atoms with Gasteiger partial charge in [-0.1, -0.05) is 0 Å². The number of nitrogens with zero attached hydrogens (tertiary/aromatic N) is 1. The minimum absolute atomic E-state index is 0.292. The molecular weight excluding hydrogens is 228 g/mol. The van der Waals surface area contributed by atoms with Gasteiger partial charge < -0.3 is 10.4 Å². The summed E-state index contributed by atoms with van der Waals surface area (Å²) in [6.07, 6.45) is 3.52. The summed E-state index contributed by atoms with van der Waals surface area (Å²) >= 11 is 0. The molecule has 0 atom stereocenters. The highest BCUT2D eigenvalue weighted by Crippen LogP contribution is 2.21. The van der Waals surface area contributed by atoms with Gasteiger partial charge in [0, 0.05) is 11.9 Å². The van der Waals surface area contributed by atoms with Gasteiger partial charge in [0.05, 0.1) is 17.4 Å². The van der Waals surface area contributed by atoms with Crippen LogP contribution in [0, 0.1) is 13.8 Å². The van der Waals surface area contributed by atoms with Crippen LogP contribution < -0.4 is 5.32 Å². The molecule has 0 unspecified atom stereocenters. The highest BCUT2D eigenvalue weighted by atomic mass is 16.4. The van der Waals surface area contributed by atoms with Gasteiger partial charge in [-0.05, 0) is 49.2 Å². The number of pyridine rings is 1. The van der Waals surface area contributed by atoms with Crippen molar-refractivity contribution in [3.05, 3.63) is 53.3 Å². The van der Waals surface area contributed by atoms with Crippen LogP contribution in [-0.2, 0) is 0 Å². The van der Waals surface area contributed by atoms with Gasteiger partial charge in [-0.3, -0.25) is 4.98 Å². The monoisotopic (exact) mass is 242 g/mol. The second kappa shape index (κ2) is 4.87. The number of carbonyl (C=O) groups is 1. The molecule has 0 saturated heterocycles. The van der Waals surface area contributed by atoms with Crippen LogP contribution in [0.2, 0.25) is 0 Å². The molecule has 18 heavy (non-hydrogen) atoms. The summed E-state index contributed by atoms with van der Waals surface area (Å²) in [5.41, 5.74) is 4.02. The fourth-order valence-electron chi connectivity index (χ4n) is 1.72. The molecule has 0 aliphatic rings. The van der Waals surface area contributed by atoms with Crippen LogP contribution >= 0.6 is 0 Å². The Morgan fingerprint density at radius 3 is 2.61 bits per heavy atom. The van der Waals surface area contributed by atoms with Crippen LogP contribution in [0.3, 0.4) is 0 Å². The van der Waals surface area contributed by atoms with Crippen LogP contribution in [0.5, 0.6) is 0 Å². The Morgan fingerprint density at radius 2 is 2.00 bits per heavy atom. The number of hydrogen-bond acceptors (Lipinski definition) is 3. The van der Waals surface area contributed by atoms with Crippen molar-refractivity contribution in [1.82, 2.24) is 4.98 Å². The smallest absolute Gasteiger partial charge is 0.335 e.